The summed E-state index contributed by atoms with van der Waals surface area (Å²) >= 11 is 0. The van der Waals surface area contributed by atoms with Gasteiger partial charge < -0.3 is 34.8 Å². The number of hydrogen-bond acceptors (Lipinski definition) is 7. The lowest BCUT2D eigenvalue weighted by molar-refractivity contribution is -0.134. The van der Waals surface area contributed by atoms with Crippen molar-refractivity contribution in [3.8, 4) is 11.5 Å². The van der Waals surface area contributed by atoms with Crippen molar-refractivity contribution in [1.82, 2.24) is 5.32 Å². The Labute approximate surface area is 185 Å². The fourth-order valence-corrected chi connectivity index (χ4v) is 2.66. The maximum absolute atomic E-state index is 9.95. The smallest absolute Gasteiger partial charge is 0.328 e. The van der Waals surface area contributed by atoms with Gasteiger partial charge in [0.25, 0.3) is 0 Å². The molecule has 0 spiro atoms. The third-order valence-corrected chi connectivity index (χ3v) is 4.10. The van der Waals surface area contributed by atoms with Gasteiger partial charge in [-0.15, -0.1) is 0 Å². The summed E-state index contributed by atoms with van der Waals surface area (Å²) in [6, 6.07) is 17.7. The summed E-state index contributed by atoms with van der Waals surface area (Å²) in [5.74, 6) is -1.01. The van der Waals surface area contributed by atoms with Crippen LogP contribution in [0.1, 0.15) is 5.56 Å². The molecule has 32 heavy (non-hydrogen) atoms. The second-order valence-electron chi connectivity index (χ2n) is 6.82. The Morgan fingerprint density at radius 2 is 1.66 bits per heavy atom. The van der Waals surface area contributed by atoms with E-state index in [4.69, 9.17) is 24.4 Å². The Bertz CT molecular complexity index is 855. The van der Waals surface area contributed by atoms with Crippen LogP contribution in [-0.2, 0) is 20.9 Å². The minimum absolute atomic E-state index is 0.149. The van der Waals surface area contributed by atoms with Gasteiger partial charge in [-0.2, -0.15) is 0 Å². The zero-order valence-electron chi connectivity index (χ0n) is 17.4. The van der Waals surface area contributed by atoms with Crippen molar-refractivity contribution in [2.75, 3.05) is 26.4 Å². The number of rotatable bonds is 10. The third-order valence-electron chi connectivity index (χ3n) is 4.10. The first-order valence-electron chi connectivity index (χ1n) is 9.97. The number of carbonyl (C=O) groups is 2. The SMILES string of the molecule is O=C(O)/C=C\C(=O)O.OC(CNCc1ccccc1)COCC1COc2ccccc2O1. The Kier molecular flexibility index (Phi) is 10.7. The molecule has 0 fully saturated rings. The molecule has 2 atom stereocenters. The van der Waals surface area contributed by atoms with Gasteiger partial charge in [0, 0.05) is 25.2 Å². The molecule has 0 saturated carbocycles. The summed E-state index contributed by atoms with van der Waals surface area (Å²) in [4.78, 5) is 19.1. The first kappa shape index (κ1) is 24.9. The first-order valence-corrected chi connectivity index (χ1v) is 9.97. The Hall–Kier alpha value is -3.40. The molecule has 9 nitrogen and oxygen atoms in total. The monoisotopic (exact) mass is 445 g/mol. The van der Waals surface area contributed by atoms with Crippen molar-refractivity contribution >= 4 is 11.9 Å². The molecule has 0 amide bonds. The van der Waals surface area contributed by atoms with Crippen LogP contribution >= 0.6 is 0 Å². The number of carboxylic acid groups (broad SMARTS) is 2. The average Bonchev–Trinajstić information content (AvgIpc) is 2.79. The largest absolute Gasteiger partial charge is 0.486 e. The number of aliphatic hydroxyl groups is 1. The molecular formula is C23H27NO8. The van der Waals surface area contributed by atoms with Gasteiger partial charge >= 0.3 is 11.9 Å². The zero-order chi connectivity index (χ0) is 23.2. The Balaban J connectivity index is 0.000000390. The summed E-state index contributed by atoms with van der Waals surface area (Å²) in [6.07, 6.45) is 0.417. The lowest BCUT2D eigenvalue weighted by Crippen LogP contribution is -2.36. The molecule has 2 aromatic carbocycles. The van der Waals surface area contributed by atoms with Gasteiger partial charge in [-0.3, -0.25) is 0 Å². The van der Waals surface area contributed by atoms with Gasteiger partial charge in [-0.05, 0) is 17.7 Å². The number of hydrogen-bond donors (Lipinski definition) is 4. The molecule has 1 aliphatic rings. The van der Waals surface area contributed by atoms with Gasteiger partial charge in [0.2, 0.25) is 0 Å². The van der Waals surface area contributed by atoms with Crippen molar-refractivity contribution in [1.29, 1.82) is 0 Å². The Morgan fingerprint density at radius 3 is 2.31 bits per heavy atom. The standard InChI is InChI=1S/C19H23NO4.C4H4O4/c21-16(11-20-10-15-6-2-1-3-7-15)12-22-13-17-14-23-18-8-4-5-9-19(18)24-17;5-3(6)1-2-4(7)8/h1-9,16-17,20-21H,10-14H2;1-2H,(H,5,6)(H,7,8)/b;2-1-. The lowest BCUT2D eigenvalue weighted by Gasteiger charge is -2.26. The summed E-state index contributed by atoms with van der Waals surface area (Å²) in [5, 5.41) is 28.8. The van der Waals surface area contributed by atoms with Gasteiger partial charge in [0.1, 0.15) is 6.61 Å². The van der Waals surface area contributed by atoms with E-state index in [0.29, 0.717) is 31.9 Å². The molecule has 172 valence electrons. The molecule has 9 heteroatoms. The van der Waals surface area contributed by atoms with Gasteiger partial charge in [-0.1, -0.05) is 42.5 Å². The van der Waals surface area contributed by atoms with Crippen LogP contribution in [0.15, 0.2) is 66.7 Å². The van der Waals surface area contributed by atoms with E-state index in [1.807, 2.05) is 54.6 Å². The van der Waals surface area contributed by atoms with Crippen LogP contribution in [0.3, 0.4) is 0 Å². The average molecular weight is 445 g/mol. The van der Waals surface area contributed by atoms with Crippen LogP contribution in [0.25, 0.3) is 0 Å². The van der Waals surface area contributed by atoms with Crippen molar-refractivity contribution in [3.05, 3.63) is 72.3 Å². The summed E-state index contributed by atoms with van der Waals surface area (Å²) < 4.78 is 17.0. The first-order chi connectivity index (χ1) is 15.4. The van der Waals surface area contributed by atoms with E-state index in [0.717, 1.165) is 18.0 Å². The number of carboxylic acids is 2. The van der Waals surface area contributed by atoms with Crippen LogP contribution in [-0.4, -0.2) is 65.8 Å². The zero-order valence-corrected chi connectivity index (χ0v) is 17.4. The van der Waals surface area contributed by atoms with Crippen molar-refractivity contribution in [2.45, 2.75) is 18.8 Å². The molecule has 4 N–H and O–H groups in total. The normalized spacial score (nSPS) is 15.5. The van der Waals surface area contributed by atoms with Crippen molar-refractivity contribution in [2.24, 2.45) is 0 Å². The molecule has 2 unspecified atom stereocenters. The minimum Gasteiger partial charge on any atom is -0.486 e. The topological polar surface area (TPSA) is 135 Å². The number of nitrogens with one attached hydrogen (secondary N) is 1. The van der Waals surface area contributed by atoms with Crippen LogP contribution in [0.2, 0.25) is 0 Å². The number of benzene rings is 2. The molecule has 1 heterocycles. The number of ether oxygens (including phenoxy) is 3. The molecule has 3 rings (SSSR count). The summed E-state index contributed by atoms with van der Waals surface area (Å²) in [5.41, 5.74) is 1.19. The van der Waals surface area contributed by atoms with E-state index in [1.54, 1.807) is 0 Å². The molecule has 2 aromatic rings. The number of aliphatic carboxylic acids is 2. The highest BCUT2D eigenvalue weighted by Crippen LogP contribution is 2.30. The van der Waals surface area contributed by atoms with E-state index >= 15 is 0 Å². The lowest BCUT2D eigenvalue weighted by atomic mass is 10.2. The third kappa shape index (κ3) is 10.1. The molecule has 0 aliphatic carbocycles. The van der Waals surface area contributed by atoms with E-state index in [-0.39, 0.29) is 12.7 Å². The van der Waals surface area contributed by atoms with E-state index in [9.17, 15) is 14.7 Å². The predicted octanol–water partition coefficient (Wildman–Crippen LogP) is 1.71. The molecule has 0 radical (unpaired) electrons. The minimum atomic E-state index is -1.26. The van der Waals surface area contributed by atoms with Crippen LogP contribution in [0.4, 0.5) is 0 Å². The second kappa shape index (κ2) is 13.8. The van der Waals surface area contributed by atoms with Crippen molar-refractivity contribution in [3.63, 3.8) is 0 Å². The van der Waals surface area contributed by atoms with Crippen LogP contribution in [0.5, 0.6) is 11.5 Å². The van der Waals surface area contributed by atoms with Gasteiger partial charge in [0.15, 0.2) is 17.6 Å². The molecule has 0 bridgehead atoms. The van der Waals surface area contributed by atoms with Crippen LogP contribution in [0, 0.1) is 0 Å². The fourth-order valence-electron chi connectivity index (χ4n) is 2.66. The number of fused-ring (bicyclic) bond motifs is 1. The second-order valence-corrected chi connectivity index (χ2v) is 6.82. The summed E-state index contributed by atoms with van der Waals surface area (Å²) in [6.45, 7) is 2.33. The number of aliphatic hydroxyl groups excluding tert-OH is 1. The predicted molar refractivity (Wildman–Crippen MR) is 116 cm³/mol. The van der Waals surface area contributed by atoms with E-state index < -0.39 is 18.0 Å². The van der Waals surface area contributed by atoms with E-state index in [1.165, 1.54) is 5.56 Å². The van der Waals surface area contributed by atoms with Crippen molar-refractivity contribution < 1.29 is 39.1 Å². The highest BCUT2D eigenvalue weighted by Gasteiger charge is 2.20. The molecule has 1 aliphatic heterocycles. The van der Waals surface area contributed by atoms with Gasteiger partial charge in [-0.25, -0.2) is 9.59 Å². The highest BCUT2D eigenvalue weighted by atomic mass is 16.6. The Morgan fingerprint density at radius 1 is 1.03 bits per heavy atom. The summed E-state index contributed by atoms with van der Waals surface area (Å²) in [7, 11) is 0. The van der Waals surface area contributed by atoms with E-state index in [2.05, 4.69) is 5.32 Å². The van der Waals surface area contributed by atoms with Gasteiger partial charge in [0.05, 0.1) is 19.3 Å². The number of para-hydroxylation sites is 2. The maximum Gasteiger partial charge on any atom is 0.328 e. The maximum atomic E-state index is 9.95. The molecular weight excluding hydrogens is 418 g/mol. The van der Waals surface area contributed by atoms with Crippen LogP contribution < -0.4 is 14.8 Å². The quantitative estimate of drug-likeness (QED) is 0.403. The fraction of sp³-hybridized carbons (Fsp3) is 0.304. The molecule has 0 aromatic heterocycles. The highest BCUT2D eigenvalue weighted by molar-refractivity contribution is 5.89. The molecule has 0 saturated heterocycles.